The van der Waals surface area contributed by atoms with E-state index in [1.165, 1.54) is 4.88 Å². The van der Waals surface area contributed by atoms with E-state index in [9.17, 15) is 4.79 Å². The van der Waals surface area contributed by atoms with Crippen molar-refractivity contribution < 1.29 is 9.53 Å². The van der Waals surface area contributed by atoms with Crippen molar-refractivity contribution >= 4 is 29.0 Å². The molecule has 0 fully saturated rings. The quantitative estimate of drug-likeness (QED) is 0.621. The lowest BCUT2D eigenvalue weighted by atomic mass is 10.3. The SMILES string of the molecule is COc1ccc(S[C@H](C)C(=O)N(CCN(C)C)Cc2cccs2)cc1. The Balaban J connectivity index is 2.01. The van der Waals surface area contributed by atoms with Gasteiger partial charge in [-0.05, 0) is 56.7 Å². The molecule has 2 aromatic rings. The molecule has 136 valence electrons. The first-order valence-electron chi connectivity index (χ1n) is 8.26. The molecule has 0 aliphatic rings. The number of carbonyl (C=O) groups is 1. The van der Waals surface area contributed by atoms with E-state index in [1.807, 2.05) is 56.3 Å². The third-order valence-electron chi connectivity index (χ3n) is 3.78. The van der Waals surface area contributed by atoms with Gasteiger partial charge in [-0.15, -0.1) is 23.1 Å². The van der Waals surface area contributed by atoms with Crippen molar-refractivity contribution in [3.05, 3.63) is 46.7 Å². The minimum Gasteiger partial charge on any atom is -0.497 e. The highest BCUT2D eigenvalue weighted by Crippen LogP contribution is 2.27. The molecule has 0 aliphatic carbocycles. The Morgan fingerprint density at radius 3 is 2.48 bits per heavy atom. The molecule has 0 unspecified atom stereocenters. The molecular weight excluding hydrogens is 352 g/mol. The monoisotopic (exact) mass is 378 g/mol. The number of hydrogen-bond acceptors (Lipinski definition) is 5. The molecule has 0 N–H and O–H groups in total. The summed E-state index contributed by atoms with van der Waals surface area (Å²) in [7, 11) is 5.72. The molecule has 0 radical (unpaired) electrons. The van der Waals surface area contributed by atoms with Crippen LogP contribution in [0.2, 0.25) is 0 Å². The average molecular weight is 379 g/mol. The van der Waals surface area contributed by atoms with Gasteiger partial charge in [-0.1, -0.05) is 6.07 Å². The normalized spacial score (nSPS) is 12.2. The predicted molar refractivity (Wildman–Crippen MR) is 107 cm³/mol. The molecule has 0 spiro atoms. The van der Waals surface area contributed by atoms with Crippen LogP contribution in [0.1, 0.15) is 11.8 Å². The van der Waals surface area contributed by atoms with E-state index in [1.54, 1.807) is 30.2 Å². The lowest BCUT2D eigenvalue weighted by Crippen LogP contribution is -2.40. The maximum absolute atomic E-state index is 13.0. The zero-order valence-electron chi connectivity index (χ0n) is 15.3. The molecule has 0 aliphatic heterocycles. The van der Waals surface area contributed by atoms with E-state index < -0.39 is 0 Å². The van der Waals surface area contributed by atoms with Gasteiger partial charge >= 0.3 is 0 Å². The van der Waals surface area contributed by atoms with E-state index in [0.29, 0.717) is 6.54 Å². The molecule has 4 nitrogen and oxygen atoms in total. The molecule has 1 aromatic heterocycles. The Bertz CT molecular complexity index is 642. The summed E-state index contributed by atoms with van der Waals surface area (Å²) < 4.78 is 5.18. The maximum Gasteiger partial charge on any atom is 0.236 e. The smallest absolute Gasteiger partial charge is 0.236 e. The third-order valence-corrected chi connectivity index (χ3v) is 5.74. The summed E-state index contributed by atoms with van der Waals surface area (Å²) in [5.74, 6) is 1.00. The second-order valence-electron chi connectivity index (χ2n) is 6.08. The van der Waals surface area contributed by atoms with Gasteiger partial charge in [0.1, 0.15) is 5.75 Å². The number of thioether (sulfide) groups is 1. The van der Waals surface area contributed by atoms with E-state index >= 15 is 0 Å². The zero-order chi connectivity index (χ0) is 18.2. The minimum atomic E-state index is -0.129. The van der Waals surface area contributed by atoms with Gasteiger partial charge < -0.3 is 14.5 Å². The predicted octanol–water partition coefficient (Wildman–Crippen LogP) is 3.83. The van der Waals surface area contributed by atoms with Gasteiger partial charge in [-0.2, -0.15) is 0 Å². The molecule has 0 saturated heterocycles. The van der Waals surface area contributed by atoms with Crippen LogP contribution in [0.25, 0.3) is 0 Å². The van der Waals surface area contributed by atoms with Crippen molar-refractivity contribution in [2.45, 2.75) is 23.6 Å². The number of thiophene rings is 1. The number of methoxy groups -OCH3 is 1. The van der Waals surface area contributed by atoms with E-state index in [-0.39, 0.29) is 11.2 Å². The van der Waals surface area contributed by atoms with Crippen molar-refractivity contribution in [2.24, 2.45) is 0 Å². The van der Waals surface area contributed by atoms with Gasteiger partial charge in [-0.25, -0.2) is 0 Å². The van der Waals surface area contributed by atoms with Crippen LogP contribution in [0.15, 0.2) is 46.7 Å². The van der Waals surface area contributed by atoms with Gasteiger partial charge in [0.2, 0.25) is 5.91 Å². The summed E-state index contributed by atoms with van der Waals surface area (Å²) in [5, 5.41) is 1.93. The Kier molecular flexibility index (Phi) is 7.81. The van der Waals surface area contributed by atoms with Crippen LogP contribution in [0.3, 0.4) is 0 Å². The van der Waals surface area contributed by atoms with Gasteiger partial charge in [-0.3, -0.25) is 4.79 Å². The highest BCUT2D eigenvalue weighted by Gasteiger charge is 2.22. The number of amides is 1. The second-order valence-corrected chi connectivity index (χ2v) is 8.52. The summed E-state index contributed by atoms with van der Waals surface area (Å²) in [6.45, 7) is 4.25. The van der Waals surface area contributed by atoms with Gasteiger partial charge in [0.15, 0.2) is 0 Å². The fraction of sp³-hybridized carbons (Fsp3) is 0.421. The largest absolute Gasteiger partial charge is 0.497 e. The van der Waals surface area contributed by atoms with Crippen molar-refractivity contribution in [3.63, 3.8) is 0 Å². The van der Waals surface area contributed by atoms with Crippen molar-refractivity contribution in [1.82, 2.24) is 9.80 Å². The Morgan fingerprint density at radius 1 is 1.20 bits per heavy atom. The summed E-state index contributed by atoms with van der Waals surface area (Å²) >= 11 is 3.28. The van der Waals surface area contributed by atoms with Crippen LogP contribution in [0.5, 0.6) is 5.75 Å². The number of hydrogen-bond donors (Lipinski definition) is 0. The van der Waals surface area contributed by atoms with E-state index in [2.05, 4.69) is 16.3 Å². The standard InChI is InChI=1S/C19H26N2O2S2/c1-15(25-17-9-7-16(23-4)8-10-17)19(22)21(12-11-20(2)3)14-18-6-5-13-24-18/h5-10,13,15H,11-12,14H2,1-4H3/t15-/m1/s1. The van der Waals surface area contributed by atoms with Crippen LogP contribution in [-0.2, 0) is 11.3 Å². The Hall–Kier alpha value is -1.50. The van der Waals surface area contributed by atoms with Crippen molar-refractivity contribution in [3.8, 4) is 5.75 Å². The Labute approximate surface area is 158 Å². The number of ether oxygens (including phenoxy) is 1. The molecule has 0 saturated carbocycles. The maximum atomic E-state index is 13.0. The number of rotatable bonds is 9. The van der Waals surface area contributed by atoms with E-state index in [4.69, 9.17) is 4.74 Å². The molecular formula is C19H26N2O2S2. The Morgan fingerprint density at radius 2 is 1.92 bits per heavy atom. The summed E-state index contributed by atoms with van der Waals surface area (Å²) in [5.41, 5.74) is 0. The topological polar surface area (TPSA) is 32.8 Å². The van der Waals surface area contributed by atoms with Crippen LogP contribution in [0.4, 0.5) is 0 Å². The second kappa shape index (κ2) is 9.85. The van der Waals surface area contributed by atoms with Gasteiger partial charge in [0.25, 0.3) is 0 Å². The first kappa shape index (κ1) is 19.8. The molecule has 1 amide bonds. The summed E-state index contributed by atoms with van der Waals surface area (Å²) in [6.07, 6.45) is 0. The third kappa shape index (κ3) is 6.38. The first-order chi connectivity index (χ1) is 12.0. The fourth-order valence-corrected chi connectivity index (χ4v) is 4.02. The first-order valence-corrected chi connectivity index (χ1v) is 10.0. The zero-order valence-corrected chi connectivity index (χ0v) is 16.9. The fourth-order valence-electron chi connectivity index (χ4n) is 2.34. The number of benzene rings is 1. The minimum absolute atomic E-state index is 0.129. The van der Waals surface area contributed by atoms with Crippen molar-refractivity contribution in [2.75, 3.05) is 34.3 Å². The van der Waals surface area contributed by atoms with Gasteiger partial charge in [0.05, 0.1) is 18.9 Å². The molecule has 25 heavy (non-hydrogen) atoms. The van der Waals surface area contributed by atoms with Crippen LogP contribution in [0, 0.1) is 0 Å². The van der Waals surface area contributed by atoms with Crippen LogP contribution >= 0.6 is 23.1 Å². The molecule has 0 bridgehead atoms. The molecule has 2 rings (SSSR count). The summed E-state index contributed by atoms with van der Waals surface area (Å²) in [4.78, 5) is 19.3. The average Bonchev–Trinajstić information content (AvgIpc) is 3.11. The highest BCUT2D eigenvalue weighted by atomic mass is 32.2. The van der Waals surface area contributed by atoms with E-state index in [0.717, 1.165) is 23.7 Å². The van der Waals surface area contributed by atoms with Crippen LogP contribution < -0.4 is 4.74 Å². The number of carbonyl (C=O) groups excluding carboxylic acids is 1. The number of likely N-dealkylation sites (N-methyl/N-ethyl adjacent to an activating group) is 1. The lowest BCUT2D eigenvalue weighted by molar-refractivity contribution is -0.131. The highest BCUT2D eigenvalue weighted by molar-refractivity contribution is 8.00. The molecule has 1 heterocycles. The molecule has 6 heteroatoms. The van der Waals surface area contributed by atoms with Crippen LogP contribution in [-0.4, -0.2) is 55.3 Å². The van der Waals surface area contributed by atoms with Gasteiger partial charge in [0, 0.05) is 22.9 Å². The summed E-state index contributed by atoms with van der Waals surface area (Å²) in [6, 6.07) is 12.0. The molecule has 1 atom stereocenters. The lowest BCUT2D eigenvalue weighted by Gasteiger charge is -2.26. The molecule has 1 aromatic carbocycles. The van der Waals surface area contributed by atoms with Crippen molar-refractivity contribution in [1.29, 1.82) is 0 Å². The number of nitrogens with zero attached hydrogens (tertiary/aromatic N) is 2.